The average Bonchev–Trinajstić information content (AvgIpc) is 2.66. The number of aliphatic hydroxyl groups is 1. The number of likely N-dealkylation sites (N-methyl/N-ethyl adjacent to an activating group) is 2. The minimum Gasteiger partial charge on any atom is -0.394 e. The molecule has 2 amide bonds. The number of carbonyl (C=O) groups excluding carboxylic acids is 1. The summed E-state index contributed by atoms with van der Waals surface area (Å²) in [6.07, 6.45) is 0. The van der Waals surface area contributed by atoms with Gasteiger partial charge in [-0.3, -0.25) is 4.90 Å². The summed E-state index contributed by atoms with van der Waals surface area (Å²) in [5.74, 6) is 0. The maximum Gasteiger partial charge on any atom is 0.317 e. The molecule has 1 atom stereocenters. The summed E-state index contributed by atoms with van der Waals surface area (Å²) in [6.45, 7) is 11.2. The van der Waals surface area contributed by atoms with Gasteiger partial charge in [-0.05, 0) is 24.6 Å². The SMILES string of the molecule is CCN1CCN(Cc2ccc(CNC(=O)N(C)C(C)CO)cc2)CC1. The van der Waals surface area contributed by atoms with Gasteiger partial charge in [0.2, 0.25) is 0 Å². The second kappa shape index (κ2) is 9.75. The minimum atomic E-state index is -0.185. The number of nitrogens with one attached hydrogen (secondary N) is 1. The number of carbonyl (C=O) groups is 1. The molecule has 1 fully saturated rings. The number of aliphatic hydroxyl groups excluding tert-OH is 1. The molecule has 1 aromatic rings. The molecule has 0 bridgehead atoms. The van der Waals surface area contributed by atoms with Crippen molar-refractivity contribution in [2.24, 2.45) is 0 Å². The van der Waals surface area contributed by atoms with E-state index < -0.39 is 0 Å². The number of rotatable bonds is 7. The van der Waals surface area contributed by atoms with Gasteiger partial charge >= 0.3 is 6.03 Å². The van der Waals surface area contributed by atoms with Crippen LogP contribution >= 0.6 is 0 Å². The molecule has 0 saturated carbocycles. The maximum atomic E-state index is 12.0. The molecule has 0 aliphatic carbocycles. The van der Waals surface area contributed by atoms with Crippen molar-refractivity contribution in [1.29, 1.82) is 0 Å². The molecule has 1 unspecified atom stereocenters. The Morgan fingerprint density at radius 1 is 1.16 bits per heavy atom. The molecule has 2 rings (SSSR count). The van der Waals surface area contributed by atoms with Crippen molar-refractivity contribution in [2.75, 3.05) is 46.4 Å². The maximum absolute atomic E-state index is 12.0. The first-order valence-corrected chi connectivity index (χ1v) is 9.17. The van der Waals surface area contributed by atoms with Crippen molar-refractivity contribution in [3.63, 3.8) is 0 Å². The second-order valence-corrected chi connectivity index (χ2v) is 6.83. The van der Waals surface area contributed by atoms with E-state index in [1.165, 1.54) is 10.5 Å². The van der Waals surface area contributed by atoms with E-state index >= 15 is 0 Å². The minimum absolute atomic E-state index is 0.0366. The standard InChI is InChI=1S/C19H32N4O2/c1-4-22-9-11-23(12-10-22)14-18-7-5-17(6-8-18)13-20-19(25)21(3)16(2)15-24/h5-8,16,24H,4,9-15H2,1-3H3,(H,20,25). The van der Waals surface area contributed by atoms with Crippen molar-refractivity contribution in [2.45, 2.75) is 33.0 Å². The van der Waals surface area contributed by atoms with Crippen LogP contribution in [-0.2, 0) is 13.1 Å². The molecule has 1 aromatic carbocycles. The number of hydrogen-bond donors (Lipinski definition) is 2. The van der Waals surface area contributed by atoms with E-state index in [4.69, 9.17) is 5.11 Å². The first kappa shape index (κ1) is 19.7. The quantitative estimate of drug-likeness (QED) is 0.781. The van der Waals surface area contributed by atoms with Crippen LogP contribution in [0.4, 0.5) is 4.79 Å². The molecule has 6 nitrogen and oxygen atoms in total. The topological polar surface area (TPSA) is 59.0 Å². The van der Waals surface area contributed by atoms with Crippen molar-refractivity contribution < 1.29 is 9.90 Å². The number of hydrogen-bond acceptors (Lipinski definition) is 4. The summed E-state index contributed by atoms with van der Waals surface area (Å²) in [7, 11) is 1.69. The Labute approximate surface area is 151 Å². The number of amides is 2. The van der Waals surface area contributed by atoms with Crippen LogP contribution < -0.4 is 5.32 Å². The summed E-state index contributed by atoms with van der Waals surface area (Å²) in [4.78, 5) is 18.5. The van der Waals surface area contributed by atoms with Crippen LogP contribution in [0.1, 0.15) is 25.0 Å². The third-order valence-electron chi connectivity index (χ3n) is 5.03. The Kier molecular flexibility index (Phi) is 7.68. The second-order valence-electron chi connectivity index (χ2n) is 6.83. The lowest BCUT2D eigenvalue weighted by Gasteiger charge is -2.34. The van der Waals surface area contributed by atoms with E-state index in [0.29, 0.717) is 6.54 Å². The van der Waals surface area contributed by atoms with Gasteiger partial charge in [-0.25, -0.2) is 4.79 Å². The first-order chi connectivity index (χ1) is 12.0. The normalized spacial score (nSPS) is 17.3. The molecule has 6 heteroatoms. The summed E-state index contributed by atoms with van der Waals surface area (Å²) in [5.41, 5.74) is 2.39. The Balaban J connectivity index is 1.77. The predicted octanol–water partition coefficient (Wildman–Crippen LogP) is 1.35. The zero-order valence-corrected chi connectivity index (χ0v) is 15.7. The molecule has 0 aromatic heterocycles. The van der Waals surface area contributed by atoms with E-state index in [-0.39, 0.29) is 18.7 Å². The van der Waals surface area contributed by atoms with Gasteiger partial charge in [0.15, 0.2) is 0 Å². The molecule has 0 radical (unpaired) electrons. The Hall–Kier alpha value is -1.63. The van der Waals surface area contributed by atoms with Gasteiger partial charge in [0.1, 0.15) is 0 Å². The Morgan fingerprint density at radius 3 is 2.28 bits per heavy atom. The third-order valence-corrected chi connectivity index (χ3v) is 5.03. The molecule has 2 N–H and O–H groups in total. The highest BCUT2D eigenvalue weighted by atomic mass is 16.3. The lowest BCUT2D eigenvalue weighted by molar-refractivity contribution is 0.132. The lowest BCUT2D eigenvalue weighted by atomic mass is 10.1. The van der Waals surface area contributed by atoms with Crippen LogP contribution in [0.3, 0.4) is 0 Å². The zero-order chi connectivity index (χ0) is 18.2. The van der Waals surface area contributed by atoms with Crippen molar-refractivity contribution in [3.05, 3.63) is 35.4 Å². The summed E-state index contributed by atoms with van der Waals surface area (Å²) >= 11 is 0. The van der Waals surface area contributed by atoms with Crippen LogP contribution in [0.2, 0.25) is 0 Å². The first-order valence-electron chi connectivity index (χ1n) is 9.17. The smallest absolute Gasteiger partial charge is 0.317 e. The number of piperazine rings is 1. The lowest BCUT2D eigenvalue weighted by Crippen LogP contribution is -2.45. The average molecular weight is 348 g/mol. The zero-order valence-electron chi connectivity index (χ0n) is 15.7. The van der Waals surface area contributed by atoms with E-state index in [1.807, 2.05) is 6.92 Å². The van der Waals surface area contributed by atoms with E-state index in [1.54, 1.807) is 7.05 Å². The van der Waals surface area contributed by atoms with E-state index in [2.05, 4.69) is 46.3 Å². The van der Waals surface area contributed by atoms with Crippen molar-refractivity contribution in [3.8, 4) is 0 Å². The van der Waals surface area contributed by atoms with Crippen molar-refractivity contribution in [1.82, 2.24) is 20.0 Å². The molecular formula is C19H32N4O2. The van der Waals surface area contributed by atoms with Gasteiger partial charge in [0.05, 0.1) is 12.6 Å². The molecule has 25 heavy (non-hydrogen) atoms. The monoisotopic (exact) mass is 348 g/mol. The Morgan fingerprint density at radius 2 is 1.72 bits per heavy atom. The largest absolute Gasteiger partial charge is 0.394 e. The summed E-state index contributed by atoms with van der Waals surface area (Å²) in [6, 6.07) is 8.09. The summed E-state index contributed by atoms with van der Waals surface area (Å²) < 4.78 is 0. The predicted molar refractivity (Wildman–Crippen MR) is 100 cm³/mol. The van der Waals surface area contributed by atoms with Crippen LogP contribution in [0.5, 0.6) is 0 Å². The van der Waals surface area contributed by atoms with Gasteiger partial charge in [-0.2, -0.15) is 0 Å². The van der Waals surface area contributed by atoms with Gasteiger partial charge in [-0.15, -0.1) is 0 Å². The van der Waals surface area contributed by atoms with Crippen molar-refractivity contribution >= 4 is 6.03 Å². The number of benzene rings is 1. The fourth-order valence-electron chi connectivity index (χ4n) is 2.91. The number of urea groups is 1. The van der Waals surface area contributed by atoms with E-state index in [9.17, 15) is 4.79 Å². The van der Waals surface area contributed by atoms with Crippen LogP contribution in [0.25, 0.3) is 0 Å². The highest BCUT2D eigenvalue weighted by molar-refractivity contribution is 5.74. The number of nitrogens with zero attached hydrogens (tertiary/aromatic N) is 3. The Bertz CT molecular complexity index is 527. The third kappa shape index (κ3) is 5.99. The van der Waals surface area contributed by atoms with Gasteiger partial charge < -0.3 is 20.2 Å². The molecule has 140 valence electrons. The van der Waals surface area contributed by atoms with Crippen LogP contribution in [-0.4, -0.2) is 78.3 Å². The van der Waals surface area contributed by atoms with Gasteiger partial charge in [0.25, 0.3) is 0 Å². The molecule has 1 saturated heterocycles. The highest BCUT2D eigenvalue weighted by Gasteiger charge is 2.16. The molecule has 1 aliphatic heterocycles. The summed E-state index contributed by atoms with van der Waals surface area (Å²) in [5, 5.41) is 12.0. The van der Waals surface area contributed by atoms with E-state index in [0.717, 1.165) is 44.8 Å². The van der Waals surface area contributed by atoms with Gasteiger partial charge in [0, 0.05) is 46.3 Å². The molecule has 1 aliphatic rings. The molecule has 1 heterocycles. The molecular weight excluding hydrogens is 316 g/mol. The fraction of sp³-hybridized carbons (Fsp3) is 0.632. The molecule has 0 spiro atoms. The van der Waals surface area contributed by atoms with Crippen LogP contribution in [0.15, 0.2) is 24.3 Å². The fourth-order valence-corrected chi connectivity index (χ4v) is 2.91. The van der Waals surface area contributed by atoms with Gasteiger partial charge in [-0.1, -0.05) is 31.2 Å². The van der Waals surface area contributed by atoms with Crippen LogP contribution in [0, 0.1) is 0 Å². The highest BCUT2D eigenvalue weighted by Crippen LogP contribution is 2.10.